The summed E-state index contributed by atoms with van der Waals surface area (Å²) in [6, 6.07) is 0. The number of aryl methyl sites for hydroxylation is 1. The third kappa shape index (κ3) is 3.64. The number of carbonyl (C=O) groups is 1. The van der Waals surface area contributed by atoms with Crippen molar-refractivity contribution >= 4 is 5.91 Å². The Morgan fingerprint density at radius 1 is 1.36 bits per heavy atom. The predicted octanol–water partition coefficient (Wildman–Crippen LogP) is 0.805. The van der Waals surface area contributed by atoms with Crippen LogP contribution in [0.25, 0.3) is 0 Å². The molecule has 0 aliphatic carbocycles. The van der Waals surface area contributed by atoms with Crippen molar-refractivity contribution in [1.29, 1.82) is 0 Å². The third-order valence-corrected chi connectivity index (χ3v) is 4.35. The highest BCUT2D eigenvalue weighted by atomic mass is 16.5. The van der Waals surface area contributed by atoms with Gasteiger partial charge in [-0.2, -0.15) is 4.98 Å². The van der Waals surface area contributed by atoms with Crippen molar-refractivity contribution in [2.45, 2.75) is 38.7 Å². The minimum absolute atomic E-state index is 0.133. The average molecular weight is 308 g/mol. The van der Waals surface area contributed by atoms with Crippen LogP contribution in [0.5, 0.6) is 0 Å². The lowest BCUT2D eigenvalue weighted by Gasteiger charge is -2.35. The zero-order chi connectivity index (χ0) is 15.5. The number of rotatable bonds is 3. The van der Waals surface area contributed by atoms with Crippen LogP contribution >= 0.6 is 0 Å². The molecule has 1 amide bonds. The fourth-order valence-corrected chi connectivity index (χ4v) is 3.22. The minimum Gasteiger partial charge on any atom is -0.375 e. The van der Waals surface area contributed by atoms with Gasteiger partial charge in [0.05, 0.1) is 25.2 Å². The summed E-state index contributed by atoms with van der Waals surface area (Å²) in [5, 5.41) is 3.87. The van der Waals surface area contributed by atoms with E-state index < -0.39 is 0 Å². The number of hydrogen-bond acceptors (Lipinski definition) is 6. The van der Waals surface area contributed by atoms with Gasteiger partial charge in [0.1, 0.15) is 0 Å². The molecular formula is C15H24N4O3. The zero-order valence-corrected chi connectivity index (χ0v) is 13.3. The SMILES string of the molecule is Cc1noc([C@H]2CCCN(CC(=O)N3CCO[C@H](C)C3)C2)n1. The highest BCUT2D eigenvalue weighted by molar-refractivity contribution is 5.78. The molecule has 3 rings (SSSR count). The van der Waals surface area contributed by atoms with Crippen LogP contribution in [-0.2, 0) is 9.53 Å². The van der Waals surface area contributed by atoms with Crippen molar-refractivity contribution in [3.63, 3.8) is 0 Å². The Morgan fingerprint density at radius 2 is 2.23 bits per heavy atom. The molecule has 1 aromatic heterocycles. The molecule has 22 heavy (non-hydrogen) atoms. The number of piperidine rings is 1. The molecule has 0 radical (unpaired) electrons. The van der Waals surface area contributed by atoms with Crippen molar-refractivity contribution < 1.29 is 14.1 Å². The maximum atomic E-state index is 12.4. The van der Waals surface area contributed by atoms with Crippen molar-refractivity contribution in [2.75, 3.05) is 39.3 Å². The van der Waals surface area contributed by atoms with Gasteiger partial charge >= 0.3 is 0 Å². The Hall–Kier alpha value is -1.47. The topological polar surface area (TPSA) is 71.7 Å². The molecule has 2 atom stereocenters. The lowest BCUT2D eigenvalue weighted by Crippen LogP contribution is -2.49. The monoisotopic (exact) mass is 308 g/mol. The molecule has 1 aromatic rings. The normalized spacial score (nSPS) is 27.1. The van der Waals surface area contributed by atoms with Crippen LogP contribution in [0, 0.1) is 6.92 Å². The number of likely N-dealkylation sites (tertiary alicyclic amines) is 1. The van der Waals surface area contributed by atoms with Crippen molar-refractivity contribution in [1.82, 2.24) is 19.9 Å². The van der Waals surface area contributed by atoms with Gasteiger partial charge in [-0.25, -0.2) is 0 Å². The number of morpholine rings is 1. The van der Waals surface area contributed by atoms with E-state index in [9.17, 15) is 4.79 Å². The van der Waals surface area contributed by atoms with Gasteiger partial charge in [-0.15, -0.1) is 0 Å². The molecule has 0 unspecified atom stereocenters. The molecule has 7 nitrogen and oxygen atoms in total. The zero-order valence-electron chi connectivity index (χ0n) is 13.3. The first-order valence-electron chi connectivity index (χ1n) is 8.04. The van der Waals surface area contributed by atoms with Gasteiger partial charge < -0.3 is 14.2 Å². The van der Waals surface area contributed by atoms with Gasteiger partial charge in [0.25, 0.3) is 0 Å². The minimum atomic E-state index is 0.133. The summed E-state index contributed by atoms with van der Waals surface area (Å²) in [6.07, 6.45) is 2.23. The maximum absolute atomic E-state index is 12.4. The first-order chi connectivity index (χ1) is 10.6. The van der Waals surface area contributed by atoms with Crippen LogP contribution in [-0.4, -0.2) is 71.3 Å². The first-order valence-corrected chi connectivity index (χ1v) is 8.04. The fraction of sp³-hybridized carbons (Fsp3) is 0.800. The molecule has 0 spiro atoms. The summed E-state index contributed by atoms with van der Waals surface area (Å²) in [6.45, 7) is 8.10. The highest BCUT2D eigenvalue weighted by Gasteiger charge is 2.29. The largest absolute Gasteiger partial charge is 0.375 e. The Bertz CT molecular complexity index is 519. The molecule has 2 fully saturated rings. The third-order valence-electron chi connectivity index (χ3n) is 4.35. The van der Waals surface area contributed by atoms with Crippen LogP contribution in [0.4, 0.5) is 0 Å². The quantitative estimate of drug-likeness (QED) is 0.823. The van der Waals surface area contributed by atoms with Gasteiger partial charge in [-0.1, -0.05) is 5.16 Å². The van der Waals surface area contributed by atoms with E-state index in [4.69, 9.17) is 9.26 Å². The standard InChI is InChI=1S/C15H24N4O3/c1-11-8-19(6-7-21-11)14(20)10-18-5-3-4-13(9-18)15-16-12(2)17-22-15/h11,13H,3-10H2,1-2H3/t11-,13+/m1/s1. The van der Waals surface area contributed by atoms with E-state index in [-0.39, 0.29) is 17.9 Å². The lowest BCUT2D eigenvalue weighted by molar-refractivity contribution is -0.139. The van der Waals surface area contributed by atoms with Crippen LogP contribution in [0.3, 0.4) is 0 Å². The summed E-state index contributed by atoms with van der Waals surface area (Å²) >= 11 is 0. The molecule has 122 valence electrons. The Balaban J connectivity index is 1.54. The van der Waals surface area contributed by atoms with Gasteiger partial charge in [-0.3, -0.25) is 9.69 Å². The smallest absolute Gasteiger partial charge is 0.236 e. The average Bonchev–Trinajstić information content (AvgIpc) is 2.94. The number of hydrogen-bond donors (Lipinski definition) is 0. The van der Waals surface area contributed by atoms with Gasteiger partial charge in [0.15, 0.2) is 5.82 Å². The maximum Gasteiger partial charge on any atom is 0.236 e. The summed E-state index contributed by atoms with van der Waals surface area (Å²) in [4.78, 5) is 20.9. The number of aromatic nitrogens is 2. The second-order valence-electron chi connectivity index (χ2n) is 6.28. The molecule has 0 saturated carbocycles. The summed E-state index contributed by atoms with van der Waals surface area (Å²) in [7, 11) is 0. The molecule has 2 aliphatic heterocycles. The number of nitrogens with zero attached hydrogens (tertiary/aromatic N) is 4. The van der Waals surface area contributed by atoms with E-state index in [1.54, 1.807) is 0 Å². The Kier molecular flexibility index (Phi) is 4.73. The van der Waals surface area contributed by atoms with Crippen LogP contribution in [0.2, 0.25) is 0 Å². The Labute approximate surface area is 130 Å². The molecule has 3 heterocycles. The van der Waals surface area contributed by atoms with Crippen LogP contribution in [0.15, 0.2) is 4.52 Å². The van der Waals surface area contributed by atoms with Crippen LogP contribution < -0.4 is 0 Å². The van der Waals surface area contributed by atoms with Crippen molar-refractivity contribution in [2.24, 2.45) is 0 Å². The van der Waals surface area contributed by atoms with E-state index >= 15 is 0 Å². The van der Waals surface area contributed by atoms with E-state index in [1.807, 2.05) is 18.7 Å². The summed E-state index contributed by atoms with van der Waals surface area (Å²) in [5.41, 5.74) is 0. The molecule has 7 heteroatoms. The lowest BCUT2D eigenvalue weighted by atomic mass is 9.98. The van der Waals surface area contributed by atoms with Gasteiger partial charge in [0, 0.05) is 19.6 Å². The van der Waals surface area contributed by atoms with Gasteiger partial charge in [0.2, 0.25) is 11.8 Å². The fourth-order valence-electron chi connectivity index (χ4n) is 3.22. The van der Waals surface area contributed by atoms with E-state index in [2.05, 4.69) is 15.0 Å². The molecule has 0 aromatic carbocycles. The second kappa shape index (κ2) is 6.75. The molecule has 0 N–H and O–H groups in total. The number of carbonyl (C=O) groups excluding carboxylic acids is 1. The van der Waals surface area contributed by atoms with E-state index in [0.717, 1.165) is 25.9 Å². The molecular weight excluding hydrogens is 284 g/mol. The van der Waals surface area contributed by atoms with E-state index in [0.29, 0.717) is 38.0 Å². The summed E-state index contributed by atoms with van der Waals surface area (Å²) in [5.74, 6) is 1.81. The van der Waals surface area contributed by atoms with Crippen LogP contribution in [0.1, 0.15) is 37.4 Å². The van der Waals surface area contributed by atoms with Gasteiger partial charge in [-0.05, 0) is 33.2 Å². The van der Waals surface area contributed by atoms with Crippen molar-refractivity contribution in [3.8, 4) is 0 Å². The number of ether oxygens (including phenoxy) is 1. The van der Waals surface area contributed by atoms with E-state index in [1.165, 1.54) is 0 Å². The second-order valence-corrected chi connectivity index (χ2v) is 6.28. The first kappa shape index (κ1) is 15.4. The Morgan fingerprint density at radius 3 is 2.95 bits per heavy atom. The summed E-state index contributed by atoms with van der Waals surface area (Å²) < 4.78 is 10.8. The molecule has 0 bridgehead atoms. The molecule has 2 saturated heterocycles. The highest BCUT2D eigenvalue weighted by Crippen LogP contribution is 2.25. The predicted molar refractivity (Wildman–Crippen MR) is 79.4 cm³/mol. The number of amides is 1. The molecule has 2 aliphatic rings. The van der Waals surface area contributed by atoms with Crippen molar-refractivity contribution in [3.05, 3.63) is 11.7 Å².